The monoisotopic (exact) mass is 377 g/mol. The summed E-state index contributed by atoms with van der Waals surface area (Å²) in [7, 11) is 0. The van der Waals surface area contributed by atoms with Gasteiger partial charge in [0.25, 0.3) is 5.56 Å². The molecule has 3 rings (SSSR count). The maximum Gasteiger partial charge on any atom is 0.315 e. The van der Waals surface area contributed by atoms with Gasteiger partial charge < -0.3 is 15.6 Å². The summed E-state index contributed by atoms with van der Waals surface area (Å²) in [5.74, 6) is 0. The van der Waals surface area contributed by atoms with Crippen molar-refractivity contribution in [2.75, 3.05) is 6.54 Å². The van der Waals surface area contributed by atoms with Gasteiger partial charge in [0.05, 0.1) is 0 Å². The van der Waals surface area contributed by atoms with Crippen molar-refractivity contribution in [3.05, 3.63) is 81.6 Å². The minimum absolute atomic E-state index is 0.136. The molecule has 2 amide bonds. The van der Waals surface area contributed by atoms with E-state index in [4.69, 9.17) is 0 Å². The second-order valence-electron chi connectivity index (χ2n) is 8.02. The number of aromatic nitrogens is 1. The minimum Gasteiger partial charge on any atom is -0.338 e. The molecule has 0 aliphatic carbocycles. The van der Waals surface area contributed by atoms with Crippen LogP contribution in [-0.4, -0.2) is 17.6 Å². The number of H-pyrrole nitrogens is 1. The van der Waals surface area contributed by atoms with Crippen molar-refractivity contribution in [2.24, 2.45) is 0 Å². The van der Waals surface area contributed by atoms with Crippen molar-refractivity contribution >= 4 is 16.9 Å². The van der Waals surface area contributed by atoms with Gasteiger partial charge in [-0.05, 0) is 40.5 Å². The molecule has 1 heterocycles. The summed E-state index contributed by atoms with van der Waals surface area (Å²) in [6.07, 6.45) is 0.758. The summed E-state index contributed by atoms with van der Waals surface area (Å²) in [4.78, 5) is 27.0. The van der Waals surface area contributed by atoms with Crippen LogP contribution in [0.25, 0.3) is 10.9 Å². The highest BCUT2D eigenvalue weighted by molar-refractivity contribution is 5.79. The number of nitrogens with one attached hydrogen (secondary N) is 3. The Morgan fingerprint density at radius 2 is 1.71 bits per heavy atom. The summed E-state index contributed by atoms with van der Waals surface area (Å²) >= 11 is 0. The molecule has 28 heavy (non-hydrogen) atoms. The van der Waals surface area contributed by atoms with Gasteiger partial charge in [-0.3, -0.25) is 4.79 Å². The van der Waals surface area contributed by atoms with Gasteiger partial charge in [-0.25, -0.2) is 4.79 Å². The summed E-state index contributed by atoms with van der Waals surface area (Å²) < 4.78 is 0. The molecule has 5 heteroatoms. The van der Waals surface area contributed by atoms with Crippen molar-refractivity contribution in [3.8, 4) is 0 Å². The van der Waals surface area contributed by atoms with E-state index in [9.17, 15) is 9.59 Å². The Morgan fingerprint density at radius 3 is 2.43 bits per heavy atom. The lowest BCUT2D eigenvalue weighted by Gasteiger charge is -2.19. The number of pyridine rings is 1. The largest absolute Gasteiger partial charge is 0.338 e. The Balaban J connectivity index is 1.48. The van der Waals surface area contributed by atoms with Gasteiger partial charge in [-0.1, -0.05) is 63.2 Å². The van der Waals surface area contributed by atoms with E-state index < -0.39 is 0 Å². The summed E-state index contributed by atoms with van der Waals surface area (Å²) in [6, 6.07) is 17.6. The van der Waals surface area contributed by atoms with Gasteiger partial charge in [-0.15, -0.1) is 0 Å². The molecular weight excluding hydrogens is 350 g/mol. The van der Waals surface area contributed by atoms with Gasteiger partial charge in [-0.2, -0.15) is 0 Å². The molecule has 0 fully saturated rings. The van der Waals surface area contributed by atoms with E-state index in [-0.39, 0.29) is 23.6 Å². The van der Waals surface area contributed by atoms with Crippen LogP contribution in [0, 0.1) is 0 Å². The smallest absolute Gasteiger partial charge is 0.315 e. The van der Waals surface area contributed by atoms with Gasteiger partial charge in [0.15, 0.2) is 0 Å². The number of urea groups is 1. The van der Waals surface area contributed by atoms with Crippen molar-refractivity contribution in [1.29, 1.82) is 0 Å². The number of fused-ring (bicyclic) bond motifs is 1. The first-order valence-electron chi connectivity index (χ1n) is 9.55. The lowest BCUT2D eigenvalue weighted by Crippen LogP contribution is -2.37. The van der Waals surface area contributed by atoms with E-state index in [0.717, 1.165) is 17.3 Å². The van der Waals surface area contributed by atoms with E-state index in [1.54, 1.807) is 0 Å². The third kappa shape index (κ3) is 5.00. The molecule has 5 nitrogen and oxygen atoms in total. The lowest BCUT2D eigenvalue weighted by atomic mass is 9.86. The molecule has 1 aromatic heterocycles. The van der Waals surface area contributed by atoms with Crippen molar-refractivity contribution in [3.63, 3.8) is 0 Å². The maximum absolute atomic E-state index is 12.1. The minimum atomic E-state index is -0.279. The summed E-state index contributed by atoms with van der Waals surface area (Å²) in [5.41, 5.74) is 3.75. The second kappa shape index (κ2) is 8.30. The number of aromatic amines is 1. The van der Waals surface area contributed by atoms with Crippen LogP contribution in [-0.2, 0) is 18.4 Å². The fourth-order valence-corrected chi connectivity index (χ4v) is 3.05. The highest BCUT2D eigenvalue weighted by Gasteiger charge is 2.12. The van der Waals surface area contributed by atoms with Crippen LogP contribution >= 0.6 is 0 Å². The number of benzene rings is 2. The SMILES string of the molecule is CC(C)(C)c1ccc(CCNC(=O)NCc2cc3ccccc3[nH]c2=O)cc1. The first-order chi connectivity index (χ1) is 13.3. The molecule has 0 atom stereocenters. The maximum atomic E-state index is 12.1. The number of rotatable bonds is 5. The molecule has 0 saturated heterocycles. The first-order valence-corrected chi connectivity index (χ1v) is 9.55. The Bertz CT molecular complexity index is 1010. The van der Waals surface area contributed by atoms with Crippen LogP contribution in [0.1, 0.15) is 37.5 Å². The number of amides is 2. The molecule has 0 unspecified atom stereocenters. The molecule has 0 spiro atoms. The normalized spacial score (nSPS) is 11.4. The van der Waals surface area contributed by atoms with Crippen molar-refractivity contribution < 1.29 is 4.79 Å². The average molecular weight is 377 g/mol. The molecule has 0 radical (unpaired) electrons. The number of carbonyl (C=O) groups excluding carboxylic acids is 1. The van der Waals surface area contributed by atoms with Crippen molar-refractivity contribution in [1.82, 2.24) is 15.6 Å². The molecule has 0 saturated carbocycles. The van der Waals surface area contributed by atoms with E-state index >= 15 is 0 Å². The zero-order valence-corrected chi connectivity index (χ0v) is 16.6. The molecule has 0 aliphatic rings. The van der Waals surface area contributed by atoms with Crippen LogP contribution in [0.3, 0.4) is 0 Å². The van der Waals surface area contributed by atoms with E-state index in [1.807, 2.05) is 30.3 Å². The summed E-state index contributed by atoms with van der Waals surface area (Å²) in [6.45, 7) is 7.29. The average Bonchev–Trinajstić information content (AvgIpc) is 2.66. The highest BCUT2D eigenvalue weighted by Crippen LogP contribution is 2.22. The van der Waals surface area contributed by atoms with Crippen LogP contribution in [0.4, 0.5) is 4.79 Å². The summed E-state index contributed by atoms with van der Waals surface area (Å²) in [5, 5.41) is 6.53. The molecule has 2 aromatic carbocycles. The van der Waals surface area contributed by atoms with Crippen LogP contribution in [0.15, 0.2) is 59.4 Å². The molecule has 146 valence electrons. The van der Waals surface area contributed by atoms with E-state index in [0.29, 0.717) is 12.1 Å². The lowest BCUT2D eigenvalue weighted by molar-refractivity contribution is 0.240. The number of hydrogen-bond acceptors (Lipinski definition) is 2. The van der Waals surface area contributed by atoms with Gasteiger partial charge in [0.1, 0.15) is 0 Å². The number of hydrogen-bond donors (Lipinski definition) is 3. The third-order valence-electron chi connectivity index (χ3n) is 4.79. The molecule has 3 aromatic rings. The van der Waals surface area contributed by atoms with Crippen LogP contribution in [0.2, 0.25) is 0 Å². The van der Waals surface area contributed by atoms with Crippen LogP contribution in [0.5, 0.6) is 0 Å². The molecule has 0 aliphatic heterocycles. The van der Waals surface area contributed by atoms with Crippen LogP contribution < -0.4 is 16.2 Å². The van der Waals surface area contributed by atoms with Gasteiger partial charge in [0, 0.05) is 24.2 Å². The van der Waals surface area contributed by atoms with Crippen molar-refractivity contribution in [2.45, 2.75) is 39.2 Å². The quantitative estimate of drug-likeness (QED) is 0.631. The predicted octanol–water partition coefficient (Wildman–Crippen LogP) is 3.87. The first kappa shape index (κ1) is 19.7. The highest BCUT2D eigenvalue weighted by atomic mass is 16.2. The van der Waals surface area contributed by atoms with E-state index in [2.05, 4.69) is 60.7 Å². The zero-order valence-electron chi connectivity index (χ0n) is 16.6. The Labute approximate surface area is 165 Å². The fraction of sp³-hybridized carbons (Fsp3) is 0.304. The number of para-hydroxylation sites is 1. The number of carbonyl (C=O) groups is 1. The van der Waals surface area contributed by atoms with Gasteiger partial charge in [0.2, 0.25) is 0 Å². The molecule has 3 N–H and O–H groups in total. The third-order valence-corrected chi connectivity index (χ3v) is 4.79. The zero-order chi connectivity index (χ0) is 20.1. The fourth-order valence-electron chi connectivity index (χ4n) is 3.05. The standard InChI is InChI=1S/C23H27N3O2/c1-23(2,3)19-10-8-16(9-11-19)12-13-24-22(28)25-15-18-14-17-6-4-5-7-20(17)26-21(18)27/h4-11,14H,12-13,15H2,1-3H3,(H,26,27)(H2,24,25,28). The van der Waals surface area contributed by atoms with E-state index in [1.165, 1.54) is 11.1 Å². The topological polar surface area (TPSA) is 74.0 Å². The Morgan fingerprint density at radius 1 is 1.00 bits per heavy atom. The Kier molecular flexibility index (Phi) is 5.83. The Hall–Kier alpha value is -3.08. The second-order valence-corrected chi connectivity index (χ2v) is 8.02. The predicted molar refractivity (Wildman–Crippen MR) is 114 cm³/mol. The molecule has 0 bridgehead atoms. The molecular formula is C23H27N3O2. The van der Waals surface area contributed by atoms with Gasteiger partial charge >= 0.3 is 6.03 Å².